The Hall–Kier alpha value is -1.30. The molecule has 0 aromatic heterocycles. The van der Waals surface area contributed by atoms with Crippen LogP contribution < -0.4 is 0 Å². The topological polar surface area (TPSA) is 0 Å². The summed E-state index contributed by atoms with van der Waals surface area (Å²) in [6.07, 6.45) is 8.98. The van der Waals surface area contributed by atoms with Crippen LogP contribution in [0.2, 0.25) is 0 Å². The van der Waals surface area contributed by atoms with Gasteiger partial charge in [-0.15, -0.1) is 13.2 Å². The van der Waals surface area contributed by atoms with Gasteiger partial charge >= 0.3 is 0 Å². The molecule has 0 aliphatic heterocycles. The number of benzene rings is 1. The zero-order valence-corrected chi connectivity index (χ0v) is 11.4. The Bertz CT molecular complexity index is 295. The lowest BCUT2D eigenvalue weighted by Gasteiger charge is -2.01. The summed E-state index contributed by atoms with van der Waals surface area (Å²) in [6.45, 7) is 10.5. The molecule has 0 N–H and O–H groups in total. The third-order valence-electron chi connectivity index (χ3n) is 2.74. The molecule has 0 unspecified atom stereocenters. The Morgan fingerprint density at radius 3 is 2.29 bits per heavy atom. The van der Waals surface area contributed by atoms with Gasteiger partial charge in [0.2, 0.25) is 0 Å². The van der Waals surface area contributed by atoms with E-state index >= 15 is 0 Å². The summed E-state index contributed by atoms with van der Waals surface area (Å²) < 4.78 is 0. The summed E-state index contributed by atoms with van der Waals surface area (Å²) in [7, 11) is 0. The minimum absolute atomic E-state index is 1.22. The molecule has 0 aliphatic rings. The molecule has 0 heterocycles. The minimum Gasteiger partial charge on any atom is -0.106 e. The number of hydrogen-bond donors (Lipinski definition) is 0. The van der Waals surface area contributed by atoms with Crippen LogP contribution in [0.3, 0.4) is 0 Å². The van der Waals surface area contributed by atoms with Gasteiger partial charge in [0.1, 0.15) is 0 Å². The molecule has 1 aromatic rings. The van der Waals surface area contributed by atoms with Crippen LogP contribution in [-0.2, 0) is 0 Å². The van der Waals surface area contributed by atoms with Crippen molar-refractivity contribution in [3.63, 3.8) is 0 Å². The van der Waals surface area contributed by atoms with Crippen LogP contribution >= 0.6 is 0 Å². The van der Waals surface area contributed by atoms with Crippen molar-refractivity contribution in [1.82, 2.24) is 0 Å². The van der Waals surface area contributed by atoms with Crippen molar-refractivity contribution < 1.29 is 0 Å². The van der Waals surface area contributed by atoms with E-state index in [1.54, 1.807) is 0 Å². The van der Waals surface area contributed by atoms with Crippen LogP contribution in [0.4, 0.5) is 0 Å². The molecular weight excluding hydrogens is 204 g/mol. The highest BCUT2D eigenvalue weighted by Crippen LogP contribution is 2.14. The lowest BCUT2D eigenvalue weighted by molar-refractivity contribution is 0.675. The van der Waals surface area contributed by atoms with Crippen molar-refractivity contribution in [2.45, 2.75) is 46.0 Å². The van der Waals surface area contributed by atoms with Gasteiger partial charge in [0.25, 0.3) is 0 Å². The molecule has 1 aromatic carbocycles. The molecule has 0 fully saturated rings. The van der Waals surface area contributed by atoms with Crippen LogP contribution in [-0.4, -0.2) is 0 Å². The van der Waals surface area contributed by atoms with Gasteiger partial charge < -0.3 is 0 Å². The van der Waals surface area contributed by atoms with Gasteiger partial charge in [0.05, 0.1) is 0 Å². The van der Waals surface area contributed by atoms with E-state index in [0.717, 1.165) is 0 Å². The Morgan fingerprint density at radius 2 is 1.71 bits per heavy atom. The van der Waals surface area contributed by atoms with Crippen molar-refractivity contribution in [3.05, 3.63) is 55.1 Å². The van der Waals surface area contributed by atoms with E-state index in [1.807, 2.05) is 0 Å². The van der Waals surface area contributed by atoms with Crippen molar-refractivity contribution in [2.24, 2.45) is 0 Å². The molecule has 0 saturated heterocycles. The molecule has 0 nitrogen and oxygen atoms in total. The van der Waals surface area contributed by atoms with Gasteiger partial charge in [-0.2, -0.15) is 0 Å². The molecule has 0 saturated carbocycles. The monoisotopic (exact) mass is 230 g/mol. The Labute approximate surface area is 107 Å². The SMILES string of the molecule is C=C.CCCCCC/C=C(/C)c1ccccc1. The quantitative estimate of drug-likeness (QED) is 0.424. The van der Waals surface area contributed by atoms with Crippen LogP contribution in [0.5, 0.6) is 0 Å². The van der Waals surface area contributed by atoms with Crippen molar-refractivity contribution in [3.8, 4) is 0 Å². The van der Waals surface area contributed by atoms with Crippen molar-refractivity contribution in [1.29, 1.82) is 0 Å². The van der Waals surface area contributed by atoms with Crippen molar-refractivity contribution in [2.75, 3.05) is 0 Å². The second-order valence-electron chi connectivity index (χ2n) is 4.10. The largest absolute Gasteiger partial charge is 0.106 e. The summed E-state index contributed by atoms with van der Waals surface area (Å²) in [4.78, 5) is 0. The smallest absolute Gasteiger partial charge is 0.0231 e. The predicted octanol–water partition coefficient (Wildman–Crippen LogP) is 5.86. The maximum absolute atomic E-state index is 3.00. The molecule has 0 spiro atoms. The van der Waals surface area contributed by atoms with Gasteiger partial charge in [-0.05, 0) is 30.9 Å². The molecule has 0 atom stereocenters. The molecule has 1 rings (SSSR count). The second-order valence-corrected chi connectivity index (χ2v) is 4.10. The highest BCUT2D eigenvalue weighted by atomic mass is 14.0. The molecule has 0 radical (unpaired) electrons. The van der Waals surface area contributed by atoms with Gasteiger partial charge in [-0.3, -0.25) is 0 Å². The van der Waals surface area contributed by atoms with Crippen LogP contribution in [0.1, 0.15) is 51.5 Å². The fourth-order valence-electron chi connectivity index (χ4n) is 1.71. The fourth-order valence-corrected chi connectivity index (χ4v) is 1.71. The first-order valence-corrected chi connectivity index (χ1v) is 6.56. The van der Waals surface area contributed by atoms with E-state index in [9.17, 15) is 0 Å². The molecule has 0 heteroatoms. The first-order chi connectivity index (χ1) is 8.34. The number of allylic oxidation sites excluding steroid dienone is 2. The normalized spacial score (nSPS) is 10.6. The summed E-state index contributed by atoms with van der Waals surface area (Å²) in [5, 5.41) is 0. The summed E-state index contributed by atoms with van der Waals surface area (Å²) in [5.41, 5.74) is 2.76. The lowest BCUT2D eigenvalue weighted by Crippen LogP contribution is -1.79. The molecule has 94 valence electrons. The third kappa shape index (κ3) is 7.57. The van der Waals surface area contributed by atoms with Gasteiger partial charge in [-0.1, -0.05) is 62.6 Å². The summed E-state index contributed by atoms with van der Waals surface area (Å²) in [6, 6.07) is 10.6. The first kappa shape index (κ1) is 15.7. The second kappa shape index (κ2) is 11.2. The molecule has 17 heavy (non-hydrogen) atoms. The standard InChI is InChI=1S/C15H22.C2H4/c1-3-4-5-6-8-11-14(2)15-12-9-7-10-13-15;1-2/h7,9-13H,3-6,8H2,1-2H3;1-2H2/b14-11-;. The maximum Gasteiger partial charge on any atom is -0.0231 e. The molecular formula is C17H26. The third-order valence-corrected chi connectivity index (χ3v) is 2.74. The highest BCUT2D eigenvalue weighted by Gasteiger charge is 1.92. The average Bonchev–Trinajstić information content (AvgIpc) is 2.41. The van der Waals surface area contributed by atoms with E-state index in [1.165, 1.54) is 43.2 Å². The van der Waals surface area contributed by atoms with E-state index in [0.29, 0.717) is 0 Å². The van der Waals surface area contributed by atoms with Crippen LogP contribution in [0.25, 0.3) is 5.57 Å². The number of unbranched alkanes of at least 4 members (excludes halogenated alkanes) is 4. The predicted molar refractivity (Wildman–Crippen MR) is 80.1 cm³/mol. The molecule has 0 aliphatic carbocycles. The maximum atomic E-state index is 3.00. The zero-order chi connectivity index (χ0) is 12.9. The minimum atomic E-state index is 1.22. The van der Waals surface area contributed by atoms with E-state index < -0.39 is 0 Å². The number of rotatable bonds is 6. The van der Waals surface area contributed by atoms with E-state index in [-0.39, 0.29) is 0 Å². The van der Waals surface area contributed by atoms with Gasteiger partial charge in [0, 0.05) is 0 Å². The van der Waals surface area contributed by atoms with Gasteiger partial charge in [-0.25, -0.2) is 0 Å². The Morgan fingerprint density at radius 1 is 1.06 bits per heavy atom. The van der Waals surface area contributed by atoms with E-state index in [4.69, 9.17) is 0 Å². The first-order valence-electron chi connectivity index (χ1n) is 6.56. The average molecular weight is 230 g/mol. The van der Waals surface area contributed by atoms with E-state index in [2.05, 4.69) is 63.4 Å². The van der Waals surface area contributed by atoms with Gasteiger partial charge in [0.15, 0.2) is 0 Å². The summed E-state index contributed by atoms with van der Waals surface area (Å²) >= 11 is 0. The Kier molecular flexibility index (Phi) is 10.3. The lowest BCUT2D eigenvalue weighted by atomic mass is 10.0. The van der Waals surface area contributed by atoms with Crippen molar-refractivity contribution >= 4 is 5.57 Å². The highest BCUT2D eigenvalue weighted by molar-refractivity contribution is 5.63. The van der Waals surface area contributed by atoms with Crippen LogP contribution in [0, 0.1) is 0 Å². The zero-order valence-electron chi connectivity index (χ0n) is 11.4. The molecule has 0 amide bonds. The summed E-state index contributed by atoms with van der Waals surface area (Å²) in [5.74, 6) is 0. The van der Waals surface area contributed by atoms with Crippen LogP contribution in [0.15, 0.2) is 49.6 Å². The Balaban J connectivity index is 0.00000121. The molecule has 0 bridgehead atoms. The fraction of sp³-hybridized carbons (Fsp3) is 0.412. The number of hydrogen-bond acceptors (Lipinski definition) is 0.